The number of nitrogens with two attached hydrogens (primary N) is 1. The molecule has 0 aromatic carbocycles. The Kier molecular flexibility index (Phi) is 3.58. The lowest BCUT2D eigenvalue weighted by molar-refractivity contribution is 0.293. The Morgan fingerprint density at radius 3 is 2.84 bits per heavy atom. The molecule has 2 aliphatic rings. The van der Waals surface area contributed by atoms with E-state index >= 15 is 0 Å². The van der Waals surface area contributed by atoms with Gasteiger partial charge in [-0.25, -0.2) is 9.97 Å². The van der Waals surface area contributed by atoms with Gasteiger partial charge in [0.05, 0.1) is 0 Å². The number of hydrogen-bond acceptors (Lipinski definition) is 4. The van der Waals surface area contributed by atoms with E-state index in [4.69, 9.17) is 5.73 Å². The van der Waals surface area contributed by atoms with Gasteiger partial charge < -0.3 is 11.1 Å². The highest BCUT2D eigenvalue weighted by atomic mass is 15.1. The van der Waals surface area contributed by atoms with Crippen molar-refractivity contribution in [2.75, 3.05) is 17.6 Å². The molecule has 1 aromatic heterocycles. The first-order chi connectivity index (χ1) is 9.20. The quantitative estimate of drug-likeness (QED) is 0.872. The Hall–Kier alpha value is -1.32. The van der Waals surface area contributed by atoms with E-state index in [1.807, 2.05) is 6.07 Å². The molecule has 3 rings (SSSR count). The van der Waals surface area contributed by atoms with Crippen molar-refractivity contribution in [1.82, 2.24) is 9.97 Å². The maximum atomic E-state index is 5.86. The van der Waals surface area contributed by atoms with Gasteiger partial charge in [-0.15, -0.1) is 0 Å². The van der Waals surface area contributed by atoms with E-state index in [0.717, 1.165) is 30.0 Å². The molecule has 104 valence electrons. The summed E-state index contributed by atoms with van der Waals surface area (Å²) < 4.78 is 0. The zero-order valence-corrected chi connectivity index (χ0v) is 11.7. The standard InChI is InChI=1S/C15H24N4/c1-10-3-2-4-11(7-10)9-17-14-8-13(16)18-15(19-14)12-5-6-12/h8,10-12H,2-7,9H2,1H3,(H3,16,17,18,19). The first-order valence-corrected chi connectivity index (χ1v) is 7.59. The van der Waals surface area contributed by atoms with E-state index in [9.17, 15) is 0 Å². The van der Waals surface area contributed by atoms with Gasteiger partial charge >= 0.3 is 0 Å². The van der Waals surface area contributed by atoms with Gasteiger partial charge in [-0.05, 0) is 37.5 Å². The Morgan fingerprint density at radius 1 is 1.26 bits per heavy atom. The Balaban J connectivity index is 1.59. The van der Waals surface area contributed by atoms with Gasteiger partial charge in [-0.2, -0.15) is 0 Å². The van der Waals surface area contributed by atoms with Crippen molar-refractivity contribution in [2.24, 2.45) is 11.8 Å². The zero-order chi connectivity index (χ0) is 13.2. The van der Waals surface area contributed by atoms with Crippen LogP contribution in [0.2, 0.25) is 0 Å². The number of nitrogens with zero attached hydrogens (tertiary/aromatic N) is 2. The van der Waals surface area contributed by atoms with E-state index in [-0.39, 0.29) is 0 Å². The fraction of sp³-hybridized carbons (Fsp3) is 0.733. The molecule has 1 aromatic rings. The van der Waals surface area contributed by atoms with Crippen LogP contribution >= 0.6 is 0 Å². The van der Waals surface area contributed by atoms with Crippen LogP contribution in [0.5, 0.6) is 0 Å². The Morgan fingerprint density at radius 2 is 2.11 bits per heavy atom. The van der Waals surface area contributed by atoms with E-state index in [1.54, 1.807) is 0 Å². The molecule has 2 atom stereocenters. The third-order valence-corrected chi connectivity index (χ3v) is 4.32. The molecule has 19 heavy (non-hydrogen) atoms. The lowest BCUT2D eigenvalue weighted by Crippen LogP contribution is -2.21. The average molecular weight is 260 g/mol. The molecule has 4 nitrogen and oxygen atoms in total. The van der Waals surface area contributed by atoms with Gasteiger partial charge in [0.2, 0.25) is 0 Å². The van der Waals surface area contributed by atoms with E-state index < -0.39 is 0 Å². The minimum absolute atomic E-state index is 0.554. The largest absolute Gasteiger partial charge is 0.384 e. The molecule has 2 aliphatic carbocycles. The molecule has 2 fully saturated rings. The van der Waals surface area contributed by atoms with Crippen LogP contribution in [0.4, 0.5) is 11.6 Å². The molecule has 0 amide bonds. The minimum Gasteiger partial charge on any atom is -0.384 e. The number of aromatic nitrogens is 2. The van der Waals surface area contributed by atoms with Gasteiger partial charge in [0.15, 0.2) is 0 Å². The Bertz CT molecular complexity index is 442. The van der Waals surface area contributed by atoms with Crippen molar-refractivity contribution in [1.29, 1.82) is 0 Å². The third-order valence-electron chi connectivity index (χ3n) is 4.32. The topological polar surface area (TPSA) is 63.8 Å². The molecule has 3 N–H and O–H groups in total. The van der Waals surface area contributed by atoms with Crippen LogP contribution in [0.15, 0.2) is 6.07 Å². The van der Waals surface area contributed by atoms with Crippen molar-refractivity contribution >= 4 is 11.6 Å². The van der Waals surface area contributed by atoms with Crippen LogP contribution in [0, 0.1) is 11.8 Å². The van der Waals surface area contributed by atoms with Crippen molar-refractivity contribution in [2.45, 2.75) is 51.4 Å². The van der Waals surface area contributed by atoms with Crippen LogP contribution < -0.4 is 11.1 Å². The highest BCUT2D eigenvalue weighted by Gasteiger charge is 2.27. The van der Waals surface area contributed by atoms with E-state index in [2.05, 4.69) is 22.2 Å². The maximum absolute atomic E-state index is 5.86. The van der Waals surface area contributed by atoms with Crippen molar-refractivity contribution in [3.05, 3.63) is 11.9 Å². The van der Waals surface area contributed by atoms with Gasteiger partial charge in [0.25, 0.3) is 0 Å². The van der Waals surface area contributed by atoms with Crippen LogP contribution in [-0.4, -0.2) is 16.5 Å². The van der Waals surface area contributed by atoms with E-state index in [0.29, 0.717) is 11.7 Å². The minimum atomic E-state index is 0.554. The third kappa shape index (κ3) is 3.37. The smallest absolute Gasteiger partial charge is 0.136 e. The van der Waals surface area contributed by atoms with Gasteiger partial charge in [0.1, 0.15) is 17.5 Å². The summed E-state index contributed by atoms with van der Waals surface area (Å²) in [6.45, 7) is 3.38. The normalized spacial score (nSPS) is 27.2. The lowest BCUT2D eigenvalue weighted by atomic mass is 9.82. The summed E-state index contributed by atoms with van der Waals surface area (Å²) >= 11 is 0. The summed E-state index contributed by atoms with van der Waals surface area (Å²) in [7, 11) is 0. The van der Waals surface area contributed by atoms with Crippen LogP contribution in [0.3, 0.4) is 0 Å². The predicted octanol–water partition coefficient (Wildman–Crippen LogP) is 3.17. The number of nitrogens with one attached hydrogen (secondary N) is 1. The molecule has 2 saturated carbocycles. The molecule has 0 radical (unpaired) electrons. The molecular weight excluding hydrogens is 236 g/mol. The molecule has 0 saturated heterocycles. The number of rotatable bonds is 4. The monoisotopic (exact) mass is 260 g/mol. The second-order valence-electron chi connectivity index (χ2n) is 6.33. The van der Waals surface area contributed by atoms with Crippen molar-refractivity contribution < 1.29 is 0 Å². The summed E-state index contributed by atoms with van der Waals surface area (Å²) in [6.07, 6.45) is 7.86. The van der Waals surface area contributed by atoms with Gasteiger partial charge in [-0.3, -0.25) is 0 Å². The summed E-state index contributed by atoms with van der Waals surface area (Å²) in [5.74, 6) is 4.64. The van der Waals surface area contributed by atoms with Crippen LogP contribution in [0.25, 0.3) is 0 Å². The van der Waals surface area contributed by atoms with Crippen LogP contribution in [-0.2, 0) is 0 Å². The fourth-order valence-corrected chi connectivity index (χ4v) is 3.09. The summed E-state index contributed by atoms with van der Waals surface area (Å²) in [5, 5.41) is 3.47. The number of nitrogen functional groups attached to an aromatic ring is 1. The average Bonchev–Trinajstić information content (AvgIpc) is 3.20. The maximum Gasteiger partial charge on any atom is 0.136 e. The number of anilines is 2. The van der Waals surface area contributed by atoms with Crippen molar-refractivity contribution in [3.63, 3.8) is 0 Å². The second-order valence-corrected chi connectivity index (χ2v) is 6.33. The second kappa shape index (κ2) is 5.35. The van der Waals surface area contributed by atoms with E-state index in [1.165, 1.54) is 38.5 Å². The first kappa shape index (κ1) is 12.7. The molecule has 1 heterocycles. The molecule has 0 bridgehead atoms. The molecule has 0 spiro atoms. The summed E-state index contributed by atoms with van der Waals surface area (Å²) in [5.41, 5.74) is 5.86. The van der Waals surface area contributed by atoms with Crippen molar-refractivity contribution in [3.8, 4) is 0 Å². The zero-order valence-electron chi connectivity index (χ0n) is 11.7. The van der Waals surface area contributed by atoms with Gasteiger partial charge in [0, 0.05) is 18.5 Å². The molecule has 4 heteroatoms. The van der Waals surface area contributed by atoms with Crippen LogP contribution in [0.1, 0.15) is 57.2 Å². The fourth-order valence-electron chi connectivity index (χ4n) is 3.09. The highest BCUT2D eigenvalue weighted by Crippen LogP contribution is 2.38. The Labute approximate surface area is 115 Å². The molecule has 2 unspecified atom stereocenters. The SMILES string of the molecule is CC1CCCC(CNc2cc(N)nc(C3CC3)n2)C1. The summed E-state index contributed by atoms with van der Waals surface area (Å²) in [6, 6.07) is 1.86. The van der Waals surface area contributed by atoms with Gasteiger partial charge in [-0.1, -0.05) is 19.8 Å². The number of hydrogen-bond donors (Lipinski definition) is 2. The highest BCUT2D eigenvalue weighted by molar-refractivity contribution is 5.45. The summed E-state index contributed by atoms with van der Waals surface area (Å²) in [4.78, 5) is 8.93. The first-order valence-electron chi connectivity index (χ1n) is 7.59. The predicted molar refractivity (Wildman–Crippen MR) is 78.0 cm³/mol. The lowest BCUT2D eigenvalue weighted by Gasteiger charge is -2.27. The molecular formula is C15H24N4. The molecule has 0 aliphatic heterocycles.